The highest BCUT2D eigenvalue weighted by Crippen LogP contribution is 2.25. The lowest BCUT2D eigenvalue weighted by Gasteiger charge is -2.26. The summed E-state index contributed by atoms with van der Waals surface area (Å²) in [6.07, 6.45) is -1.18. The van der Waals surface area contributed by atoms with Gasteiger partial charge in [-0.15, -0.1) is 12.4 Å². The summed E-state index contributed by atoms with van der Waals surface area (Å²) in [5.41, 5.74) is -0.347. The Labute approximate surface area is 112 Å². The van der Waals surface area contributed by atoms with Crippen molar-refractivity contribution in [1.82, 2.24) is 10.6 Å². The van der Waals surface area contributed by atoms with Crippen LogP contribution in [0.1, 0.15) is 27.2 Å². The molecule has 0 radical (unpaired) electrons. The molecule has 0 aliphatic carbocycles. The van der Waals surface area contributed by atoms with Crippen molar-refractivity contribution in [3.8, 4) is 0 Å². The molecule has 4 nitrogen and oxygen atoms in total. The van der Waals surface area contributed by atoms with E-state index in [1.54, 1.807) is 0 Å². The summed E-state index contributed by atoms with van der Waals surface area (Å²) in [6, 6.07) is -0.864. The van der Waals surface area contributed by atoms with Gasteiger partial charge in [-0.3, -0.25) is 10.1 Å². The van der Waals surface area contributed by atoms with Gasteiger partial charge in [-0.05, 0) is 5.41 Å². The van der Waals surface area contributed by atoms with Gasteiger partial charge < -0.3 is 10.4 Å². The molecule has 2 unspecified atom stereocenters. The molecule has 0 aromatic heterocycles. The van der Waals surface area contributed by atoms with Crippen molar-refractivity contribution in [1.29, 1.82) is 0 Å². The highest BCUT2D eigenvalue weighted by atomic mass is 35.5. The largest absolute Gasteiger partial charge is 0.391 e. The second-order valence-electron chi connectivity index (χ2n) is 5.62. The van der Waals surface area contributed by atoms with Crippen molar-refractivity contribution in [2.45, 2.75) is 45.3 Å². The first kappa shape index (κ1) is 17.5. The summed E-state index contributed by atoms with van der Waals surface area (Å²) in [5, 5.41) is 14.6. The van der Waals surface area contributed by atoms with Gasteiger partial charge in [-0.2, -0.15) is 0 Å². The number of carbonyl (C=O) groups is 1. The van der Waals surface area contributed by atoms with E-state index in [4.69, 9.17) is 0 Å². The third-order valence-electron chi connectivity index (χ3n) is 2.90. The summed E-state index contributed by atoms with van der Waals surface area (Å²) in [4.78, 5) is 11.5. The number of amides is 1. The number of hydrogen-bond acceptors (Lipinski definition) is 3. The number of aliphatic hydroxyl groups is 1. The number of alkyl halides is 2. The average Bonchev–Trinajstić information content (AvgIpc) is 2.53. The van der Waals surface area contributed by atoms with Gasteiger partial charge >= 0.3 is 0 Å². The molecule has 0 aromatic carbocycles. The predicted molar refractivity (Wildman–Crippen MR) is 67.1 cm³/mol. The van der Waals surface area contributed by atoms with E-state index in [0.29, 0.717) is 0 Å². The van der Waals surface area contributed by atoms with Crippen LogP contribution in [-0.4, -0.2) is 42.2 Å². The van der Waals surface area contributed by atoms with Crippen LogP contribution in [0, 0.1) is 5.41 Å². The van der Waals surface area contributed by atoms with Crippen molar-refractivity contribution in [2.24, 2.45) is 5.41 Å². The first-order valence-corrected chi connectivity index (χ1v) is 5.69. The lowest BCUT2D eigenvalue weighted by Crippen LogP contribution is -2.45. The Kier molecular flexibility index (Phi) is 5.97. The highest BCUT2D eigenvalue weighted by Gasteiger charge is 2.42. The van der Waals surface area contributed by atoms with Crippen LogP contribution in [0.4, 0.5) is 8.78 Å². The number of halogens is 3. The number of nitrogens with one attached hydrogen (secondary N) is 2. The van der Waals surface area contributed by atoms with E-state index in [2.05, 4.69) is 10.6 Å². The maximum absolute atomic E-state index is 12.9. The molecule has 1 amide bonds. The van der Waals surface area contributed by atoms with E-state index in [1.807, 2.05) is 20.8 Å². The molecular formula is C11H21ClF2N2O2. The van der Waals surface area contributed by atoms with Crippen molar-refractivity contribution < 1.29 is 18.7 Å². The molecule has 7 heteroatoms. The fourth-order valence-corrected chi connectivity index (χ4v) is 1.53. The quantitative estimate of drug-likeness (QED) is 0.723. The lowest BCUT2D eigenvalue weighted by molar-refractivity contribution is -0.124. The number of carbonyl (C=O) groups excluding carboxylic acids is 1. The van der Waals surface area contributed by atoms with E-state index >= 15 is 0 Å². The summed E-state index contributed by atoms with van der Waals surface area (Å²) < 4.78 is 25.7. The van der Waals surface area contributed by atoms with E-state index in [9.17, 15) is 18.7 Å². The van der Waals surface area contributed by atoms with E-state index in [-0.39, 0.29) is 24.4 Å². The molecule has 1 heterocycles. The number of aliphatic hydroxyl groups excluding tert-OH is 1. The molecule has 0 saturated carbocycles. The zero-order chi connectivity index (χ0) is 13.3. The molecule has 1 rings (SSSR count). The predicted octanol–water partition coefficient (Wildman–Crippen LogP) is 0.929. The lowest BCUT2D eigenvalue weighted by atomic mass is 9.89. The molecule has 0 aromatic rings. The van der Waals surface area contributed by atoms with Gasteiger partial charge in [-0.1, -0.05) is 20.8 Å². The Bertz CT molecular complexity index is 295. The molecule has 1 aliphatic heterocycles. The van der Waals surface area contributed by atoms with Gasteiger partial charge in [0.1, 0.15) is 0 Å². The van der Waals surface area contributed by atoms with E-state index in [0.717, 1.165) is 0 Å². The second-order valence-corrected chi connectivity index (χ2v) is 5.62. The first-order valence-electron chi connectivity index (χ1n) is 5.69. The maximum Gasteiger partial charge on any atom is 0.262 e. The SMILES string of the molecule is CC(C)(C)C(O)CNC(=O)C1CC(F)(F)CN1.Cl. The van der Waals surface area contributed by atoms with Crippen molar-refractivity contribution >= 4 is 18.3 Å². The zero-order valence-corrected chi connectivity index (χ0v) is 11.6. The molecule has 0 spiro atoms. The fraction of sp³-hybridized carbons (Fsp3) is 0.909. The van der Waals surface area contributed by atoms with Gasteiger partial charge in [-0.25, -0.2) is 8.78 Å². The first-order chi connectivity index (χ1) is 7.62. The summed E-state index contributed by atoms with van der Waals surface area (Å²) in [7, 11) is 0. The maximum atomic E-state index is 12.9. The van der Waals surface area contributed by atoms with Crippen LogP contribution in [0.5, 0.6) is 0 Å². The highest BCUT2D eigenvalue weighted by molar-refractivity contribution is 5.85. The van der Waals surface area contributed by atoms with Gasteiger partial charge in [0.25, 0.3) is 5.92 Å². The molecule has 1 fully saturated rings. The number of rotatable bonds is 3. The van der Waals surface area contributed by atoms with Crippen LogP contribution in [0.2, 0.25) is 0 Å². The smallest absolute Gasteiger partial charge is 0.262 e. The van der Waals surface area contributed by atoms with Gasteiger partial charge in [0.15, 0.2) is 0 Å². The Morgan fingerprint density at radius 2 is 2.11 bits per heavy atom. The average molecular weight is 287 g/mol. The third-order valence-corrected chi connectivity index (χ3v) is 2.90. The Hall–Kier alpha value is -0.460. The van der Waals surface area contributed by atoms with E-state index < -0.39 is 36.9 Å². The third kappa shape index (κ3) is 5.04. The van der Waals surface area contributed by atoms with Gasteiger partial charge in [0, 0.05) is 13.0 Å². The van der Waals surface area contributed by atoms with Crippen LogP contribution in [-0.2, 0) is 4.79 Å². The van der Waals surface area contributed by atoms with Crippen LogP contribution in [0.3, 0.4) is 0 Å². The fourth-order valence-electron chi connectivity index (χ4n) is 1.53. The topological polar surface area (TPSA) is 61.4 Å². The minimum Gasteiger partial charge on any atom is -0.391 e. The Morgan fingerprint density at radius 1 is 1.56 bits per heavy atom. The molecule has 1 saturated heterocycles. The van der Waals surface area contributed by atoms with Crippen LogP contribution in [0.25, 0.3) is 0 Å². The van der Waals surface area contributed by atoms with Crippen molar-refractivity contribution in [3.05, 3.63) is 0 Å². The van der Waals surface area contributed by atoms with Gasteiger partial charge in [0.2, 0.25) is 5.91 Å². The van der Waals surface area contributed by atoms with Crippen molar-refractivity contribution in [3.63, 3.8) is 0 Å². The Morgan fingerprint density at radius 3 is 2.50 bits per heavy atom. The summed E-state index contributed by atoms with van der Waals surface area (Å²) in [5.74, 6) is -3.30. The molecule has 3 N–H and O–H groups in total. The normalized spacial score (nSPS) is 24.2. The molecular weight excluding hydrogens is 266 g/mol. The monoisotopic (exact) mass is 286 g/mol. The van der Waals surface area contributed by atoms with Crippen LogP contribution < -0.4 is 10.6 Å². The second kappa shape index (κ2) is 6.12. The standard InChI is InChI=1S/C11H20F2N2O2.ClH/c1-10(2,3)8(16)5-14-9(17)7-4-11(12,13)6-15-7;/h7-8,15-16H,4-6H2,1-3H3,(H,14,17);1H. The van der Waals surface area contributed by atoms with Crippen LogP contribution in [0.15, 0.2) is 0 Å². The minimum absolute atomic E-state index is 0. The minimum atomic E-state index is -2.81. The molecule has 1 aliphatic rings. The van der Waals surface area contributed by atoms with Crippen molar-refractivity contribution in [2.75, 3.05) is 13.1 Å². The van der Waals surface area contributed by atoms with Gasteiger partial charge in [0.05, 0.1) is 18.7 Å². The Balaban J connectivity index is 0.00000289. The summed E-state index contributed by atoms with van der Waals surface area (Å²) >= 11 is 0. The summed E-state index contributed by atoms with van der Waals surface area (Å²) in [6.45, 7) is 5.13. The molecule has 0 bridgehead atoms. The zero-order valence-electron chi connectivity index (χ0n) is 10.8. The molecule has 108 valence electrons. The molecule has 2 atom stereocenters. The van der Waals surface area contributed by atoms with Crippen LogP contribution >= 0.6 is 12.4 Å². The van der Waals surface area contributed by atoms with E-state index in [1.165, 1.54) is 0 Å². The number of hydrogen-bond donors (Lipinski definition) is 3. The molecule has 18 heavy (non-hydrogen) atoms.